The number of nitro groups is 1. The molecule has 28 heavy (non-hydrogen) atoms. The number of ether oxygens (including phenoxy) is 1. The number of aromatic nitrogens is 1. The summed E-state index contributed by atoms with van der Waals surface area (Å²) in [6.07, 6.45) is -4.60. The van der Waals surface area contributed by atoms with Crippen LogP contribution in [0.3, 0.4) is 0 Å². The molecular formula is C16H11ClF3N3O5. The number of nitro benzene ring substituents is 1. The third kappa shape index (κ3) is 5.64. The molecule has 2 rings (SSSR count). The Kier molecular flexibility index (Phi) is 6.52. The molecule has 1 heterocycles. The highest BCUT2D eigenvalue weighted by molar-refractivity contribution is 6.33. The van der Waals surface area contributed by atoms with Gasteiger partial charge in [0, 0.05) is 17.8 Å². The number of carbonyl (C=O) groups is 2. The number of halogens is 4. The largest absolute Gasteiger partial charge is 0.455 e. The Labute approximate surface area is 160 Å². The number of alkyl halides is 3. The van der Waals surface area contributed by atoms with Crippen LogP contribution in [0.25, 0.3) is 0 Å². The number of benzene rings is 1. The fraction of sp³-hybridized carbons (Fsp3) is 0.188. The van der Waals surface area contributed by atoms with Crippen LogP contribution in [-0.4, -0.2) is 28.4 Å². The minimum absolute atomic E-state index is 0.102. The Hall–Kier alpha value is -3.21. The Morgan fingerprint density at radius 2 is 1.96 bits per heavy atom. The van der Waals surface area contributed by atoms with Crippen molar-refractivity contribution in [3.8, 4) is 0 Å². The number of para-hydroxylation sites is 1. The molecule has 0 unspecified atom stereocenters. The van der Waals surface area contributed by atoms with Crippen LogP contribution in [0.15, 0.2) is 36.5 Å². The zero-order chi connectivity index (χ0) is 20.9. The van der Waals surface area contributed by atoms with Crippen LogP contribution in [0, 0.1) is 10.1 Å². The van der Waals surface area contributed by atoms with Crippen LogP contribution in [0.4, 0.5) is 24.7 Å². The van der Waals surface area contributed by atoms with Crippen LogP contribution in [0.1, 0.15) is 11.1 Å². The van der Waals surface area contributed by atoms with Gasteiger partial charge in [0.05, 0.1) is 21.9 Å². The van der Waals surface area contributed by atoms with E-state index in [1.54, 1.807) is 0 Å². The van der Waals surface area contributed by atoms with Gasteiger partial charge in [-0.3, -0.25) is 19.7 Å². The molecule has 0 aliphatic rings. The maximum atomic E-state index is 12.5. The predicted octanol–water partition coefficient (Wildman–Crippen LogP) is 3.39. The average Bonchev–Trinajstić information content (AvgIpc) is 2.61. The molecule has 1 aromatic heterocycles. The summed E-state index contributed by atoms with van der Waals surface area (Å²) in [5.41, 5.74) is -1.26. The van der Waals surface area contributed by atoms with Crippen LogP contribution in [-0.2, 0) is 26.9 Å². The van der Waals surface area contributed by atoms with Crippen molar-refractivity contribution in [1.82, 2.24) is 4.98 Å². The molecule has 0 radical (unpaired) electrons. The topological polar surface area (TPSA) is 111 Å². The van der Waals surface area contributed by atoms with Crippen LogP contribution in [0.2, 0.25) is 5.02 Å². The minimum Gasteiger partial charge on any atom is -0.455 e. The summed E-state index contributed by atoms with van der Waals surface area (Å²) >= 11 is 5.65. The predicted molar refractivity (Wildman–Crippen MR) is 90.6 cm³/mol. The highest BCUT2D eigenvalue weighted by Gasteiger charge is 2.31. The van der Waals surface area contributed by atoms with E-state index in [9.17, 15) is 32.9 Å². The number of carbonyl (C=O) groups excluding carboxylic acids is 2. The van der Waals surface area contributed by atoms with Crippen molar-refractivity contribution in [2.45, 2.75) is 12.6 Å². The van der Waals surface area contributed by atoms with Crippen molar-refractivity contribution in [3.05, 3.63) is 62.8 Å². The number of pyridine rings is 1. The Morgan fingerprint density at radius 3 is 2.57 bits per heavy atom. The molecule has 1 aromatic carbocycles. The summed E-state index contributed by atoms with van der Waals surface area (Å²) < 4.78 is 42.3. The first kappa shape index (κ1) is 21.1. The van der Waals surface area contributed by atoms with Crippen molar-refractivity contribution in [3.63, 3.8) is 0 Å². The molecule has 0 aliphatic carbocycles. The molecular weight excluding hydrogens is 407 g/mol. The van der Waals surface area contributed by atoms with E-state index >= 15 is 0 Å². The number of amides is 1. The monoisotopic (exact) mass is 417 g/mol. The Balaban J connectivity index is 1.92. The number of nitrogens with zero attached hydrogens (tertiary/aromatic N) is 2. The second-order valence-corrected chi connectivity index (χ2v) is 5.73. The Morgan fingerprint density at radius 1 is 1.29 bits per heavy atom. The molecule has 0 spiro atoms. The zero-order valence-electron chi connectivity index (χ0n) is 13.8. The number of hydrogen-bond acceptors (Lipinski definition) is 6. The third-order valence-corrected chi connectivity index (χ3v) is 3.60. The van der Waals surface area contributed by atoms with Crippen molar-refractivity contribution in [2.24, 2.45) is 0 Å². The van der Waals surface area contributed by atoms with E-state index in [0.29, 0.717) is 12.3 Å². The summed E-state index contributed by atoms with van der Waals surface area (Å²) in [6.45, 7) is -0.779. The maximum Gasteiger partial charge on any atom is 0.417 e. The first-order valence-electron chi connectivity index (χ1n) is 7.48. The zero-order valence-corrected chi connectivity index (χ0v) is 14.6. The second kappa shape index (κ2) is 8.65. The van der Waals surface area contributed by atoms with Gasteiger partial charge in [0.1, 0.15) is 0 Å². The normalized spacial score (nSPS) is 11.0. The van der Waals surface area contributed by atoms with E-state index in [2.05, 4.69) is 10.3 Å². The van der Waals surface area contributed by atoms with Crippen molar-refractivity contribution in [2.75, 3.05) is 11.9 Å². The first-order valence-corrected chi connectivity index (χ1v) is 7.86. The van der Waals surface area contributed by atoms with Crippen LogP contribution < -0.4 is 5.32 Å². The first-order chi connectivity index (χ1) is 13.1. The van der Waals surface area contributed by atoms with E-state index in [-0.39, 0.29) is 17.1 Å². The van der Waals surface area contributed by atoms with E-state index < -0.39 is 46.6 Å². The fourth-order valence-electron chi connectivity index (χ4n) is 2.04. The minimum atomic E-state index is -4.64. The van der Waals surface area contributed by atoms with E-state index in [4.69, 9.17) is 16.3 Å². The molecule has 8 nitrogen and oxygen atoms in total. The standard InChI is InChI=1S/C16H11ClF3N3O5/c17-11-6-10(16(18,19)20)7-21-15(11)22-13(24)8-28-14(25)5-9-3-1-2-4-12(9)23(26)27/h1-4,6-7H,5,8H2,(H,21,22,24). The van der Waals surface area contributed by atoms with Gasteiger partial charge in [-0.05, 0) is 6.07 Å². The van der Waals surface area contributed by atoms with Gasteiger partial charge in [0.25, 0.3) is 11.6 Å². The van der Waals surface area contributed by atoms with Gasteiger partial charge in [0.15, 0.2) is 12.4 Å². The summed E-state index contributed by atoms with van der Waals surface area (Å²) in [5.74, 6) is -2.14. The quantitative estimate of drug-likeness (QED) is 0.438. The average molecular weight is 418 g/mol. The molecule has 0 fully saturated rings. The van der Waals surface area contributed by atoms with Crippen molar-refractivity contribution in [1.29, 1.82) is 0 Å². The molecule has 1 N–H and O–H groups in total. The van der Waals surface area contributed by atoms with Gasteiger partial charge in [-0.25, -0.2) is 4.98 Å². The number of rotatable bonds is 6. The van der Waals surface area contributed by atoms with E-state index in [1.807, 2.05) is 0 Å². The van der Waals surface area contributed by atoms with Crippen molar-refractivity contribution >= 4 is 35.0 Å². The number of nitrogens with one attached hydrogen (secondary N) is 1. The van der Waals surface area contributed by atoms with Crippen LogP contribution >= 0.6 is 11.6 Å². The number of anilines is 1. The Bertz CT molecular complexity index is 921. The van der Waals surface area contributed by atoms with E-state index in [0.717, 1.165) is 0 Å². The SMILES string of the molecule is O=C(COC(=O)Cc1ccccc1[N+](=O)[O-])Nc1ncc(C(F)(F)F)cc1Cl. The molecule has 2 aromatic rings. The van der Waals surface area contributed by atoms with Crippen molar-refractivity contribution < 1.29 is 32.4 Å². The number of esters is 1. The lowest BCUT2D eigenvalue weighted by Gasteiger charge is -2.10. The molecule has 0 saturated heterocycles. The molecule has 0 atom stereocenters. The molecule has 1 amide bonds. The van der Waals surface area contributed by atoms with Gasteiger partial charge in [-0.2, -0.15) is 13.2 Å². The lowest BCUT2D eigenvalue weighted by Crippen LogP contribution is -2.22. The van der Waals surface area contributed by atoms with Gasteiger partial charge in [-0.1, -0.05) is 29.8 Å². The van der Waals surface area contributed by atoms with Gasteiger partial charge >= 0.3 is 12.1 Å². The summed E-state index contributed by atoms with van der Waals surface area (Å²) in [7, 11) is 0. The van der Waals surface area contributed by atoms with Crippen LogP contribution in [0.5, 0.6) is 0 Å². The molecule has 12 heteroatoms. The highest BCUT2D eigenvalue weighted by atomic mass is 35.5. The van der Waals surface area contributed by atoms with Gasteiger partial charge in [0.2, 0.25) is 0 Å². The lowest BCUT2D eigenvalue weighted by molar-refractivity contribution is -0.385. The number of hydrogen-bond donors (Lipinski definition) is 1. The smallest absolute Gasteiger partial charge is 0.417 e. The lowest BCUT2D eigenvalue weighted by atomic mass is 10.1. The summed E-state index contributed by atoms with van der Waals surface area (Å²) in [6, 6.07) is 6.10. The molecule has 0 saturated carbocycles. The van der Waals surface area contributed by atoms with Gasteiger partial charge < -0.3 is 10.1 Å². The molecule has 0 aliphatic heterocycles. The van der Waals surface area contributed by atoms with E-state index in [1.165, 1.54) is 24.3 Å². The second-order valence-electron chi connectivity index (χ2n) is 5.32. The maximum absolute atomic E-state index is 12.5. The summed E-state index contributed by atoms with van der Waals surface area (Å²) in [5, 5.41) is 12.5. The summed E-state index contributed by atoms with van der Waals surface area (Å²) in [4.78, 5) is 37.2. The fourth-order valence-corrected chi connectivity index (χ4v) is 2.26. The highest BCUT2D eigenvalue weighted by Crippen LogP contribution is 2.32. The third-order valence-electron chi connectivity index (χ3n) is 3.31. The molecule has 148 valence electrons. The van der Waals surface area contributed by atoms with Gasteiger partial charge in [-0.15, -0.1) is 0 Å². The molecule has 0 bridgehead atoms.